The molecule has 0 aromatic heterocycles. The second-order valence-corrected chi connectivity index (χ2v) is 2.70. The number of aldehydes is 1. The van der Waals surface area contributed by atoms with Crippen molar-refractivity contribution in [2.75, 3.05) is 5.73 Å². The largest absolute Gasteiger partial charge is 0.398 e. The molecule has 1 rings (SSSR count). The molecule has 0 saturated carbocycles. The number of aryl methyl sites for hydroxylation is 2. The van der Waals surface area contributed by atoms with E-state index < -0.39 is 0 Å². The Hall–Kier alpha value is -1.31. The molecular weight excluding hydrogens is 162 g/mol. The van der Waals surface area contributed by atoms with Crippen molar-refractivity contribution in [2.24, 2.45) is 0 Å². The summed E-state index contributed by atoms with van der Waals surface area (Å²) in [6.07, 6.45) is 0.787. The van der Waals surface area contributed by atoms with Crippen molar-refractivity contribution in [1.82, 2.24) is 0 Å². The molecule has 0 fully saturated rings. The van der Waals surface area contributed by atoms with Crippen LogP contribution in [0.25, 0.3) is 0 Å². The average Bonchev–Trinajstić information content (AvgIpc) is 2.14. The van der Waals surface area contributed by atoms with Gasteiger partial charge in [-0.3, -0.25) is 4.79 Å². The SMILES string of the molecule is CC.Cc1cc(C)c(N)c(C=O)c1. The fourth-order valence-corrected chi connectivity index (χ4v) is 1.11. The fourth-order valence-electron chi connectivity index (χ4n) is 1.11. The van der Waals surface area contributed by atoms with Crippen molar-refractivity contribution in [3.63, 3.8) is 0 Å². The first-order valence-electron chi connectivity index (χ1n) is 4.47. The highest BCUT2D eigenvalue weighted by atomic mass is 16.1. The van der Waals surface area contributed by atoms with Crippen molar-refractivity contribution in [2.45, 2.75) is 27.7 Å². The molecule has 2 heteroatoms. The third kappa shape index (κ3) is 2.90. The Morgan fingerprint density at radius 2 is 1.77 bits per heavy atom. The Balaban J connectivity index is 0.000000671. The van der Waals surface area contributed by atoms with Gasteiger partial charge in [0.1, 0.15) is 0 Å². The number of benzene rings is 1. The van der Waals surface area contributed by atoms with Crippen LogP contribution < -0.4 is 5.73 Å². The van der Waals surface area contributed by atoms with Crippen LogP contribution in [0.4, 0.5) is 5.69 Å². The van der Waals surface area contributed by atoms with Gasteiger partial charge in [-0.05, 0) is 25.5 Å². The molecule has 0 amide bonds. The van der Waals surface area contributed by atoms with E-state index in [9.17, 15) is 4.79 Å². The topological polar surface area (TPSA) is 43.1 Å². The normalized spacial score (nSPS) is 8.62. The van der Waals surface area contributed by atoms with Crippen molar-refractivity contribution in [3.8, 4) is 0 Å². The lowest BCUT2D eigenvalue weighted by Gasteiger charge is -2.03. The van der Waals surface area contributed by atoms with Gasteiger partial charge in [0.25, 0.3) is 0 Å². The number of hydrogen-bond donors (Lipinski definition) is 1. The molecule has 1 aromatic rings. The third-order valence-electron chi connectivity index (χ3n) is 1.69. The summed E-state index contributed by atoms with van der Waals surface area (Å²) in [5.74, 6) is 0. The Labute approximate surface area is 79.8 Å². The van der Waals surface area contributed by atoms with E-state index in [2.05, 4.69) is 0 Å². The first-order valence-corrected chi connectivity index (χ1v) is 4.47. The van der Waals surface area contributed by atoms with Crippen LogP contribution in [0.3, 0.4) is 0 Å². The number of nitrogens with two attached hydrogens (primary N) is 1. The molecule has 1 aromatic carbocycles. The van der Waals surface area contributed by atoms with Crippen LogP contribution in [-0.2, 0) is 0 Å². The smallest absolute Gasteiger partial charge is 0.152 e. The highest BCUT2D eigenvalue weighted by Crippen LogP contribution is 2.16. The molecule has 0 unspecified atom stereocenters. The van der Waals surface area contributed by atoms with Gasteiger partial charge in [0.15, 0.2) is 6.29 Å². The highest BCUT2D eigenvalue weighted by molar-refractivity contribution is 5.84. The molecule has 0 saturated heterocycles. The van der Waals surface area contributed by atoms with Crippen molar-refractivity contribution >= 4 is 12.0 Å². The van der Waals surface area contributed by atoms with Crippen LogP contribution in [0.1, 0.15) is 35.3 Å². The second-order valence-electron chi connectivity index (χ2n) is 2.70. The predicted octanol–water partition coefficient (Wildman–Crippen LogP) is 2.72. The van der Waals surface area contributed by atoms with E-state index in [1.165, 1.54) is 0 Å². The Morgan fingerprint density at radius 3 is 2.23 bits per heavy atom. The van der Waals surface area contributed by atoms with E-state index in [0.717, 1.165) is 17.4 Å². The minimum absolute atomic E-state index is 0.586. The monoisotopic (exact) mass is 179 g/mol. The molecule has 0 aliphatic heterocycles. The van der Waals surface area contributed by atoms with E-state index in [0.29, 0.717) is 11.3 Å². The number of anilines is 1. The van der Waals surface area contributed by atoms with Gasteiger partial charge in [0.05, 0.1) is 0 Å². The minimum atomic E-state index is 0.586. The van der Waals surface area contributed by atoms with Crippen molar-refractivity contribution in [1.29, 1.82) is 0 Å². The lowest BCUT2D eigenvalue weighted by atomic mass is 10.1. The summed E-state index contributed by atoms with van der Waals surface area (Å²) in [7, 11) is 0. The van der Waals surface area contributed by atoms with Crippen LogP contribution in [0.2, 0.25) is 0 Å². The summed E-state index contributed by atoms with van der Waals surface area (Å²) in [6.45, 7) is 7.84. The van der Waals surface area contributed by atoms with Crippen LogP contribution in [0.5, 0.6) is 0 Å². The quantitative estimate of drug-likeness (QED) is 0.532. The van der Waals surface area contributed by atoms with Crippen molar-refractivity contribution in [3.05, 3.63) is 28.8 Å². The van der Waals surface area contributed by atoms with Crippen LogP contribution in [0, 0.1) is 13.8 Å². The van der Waals surface area contributed by atoms with Gasteiger partial charge in [0.2, 0.25) is 0 Å². The fraction of sp³-hybridized carbons (Fsp3) is 0.364. The van der Waals surface area contributed by atoms with E-state index in [-0.39, 0.29) is 0 Å². The first kappa shape index (κ1) is 11.7. The molecular formula is C11H17NO. The molecule has 0 aliphatic carbocycles. The average molecular weight is 179 g/mol. The second kappa shape index (κ2) is 5.36. The molecule has 2 N–H and O–H groups in total. The highest BCUT2D eigenvalue weighted by Gasteiger charge is 2.00. The maximum atomic E-state index is 10.5. The maximum Gasteiger partial charge on any atom is 0.152 e. The summed E-state index contributed by atoms with van der Waals surface area (Å²) >= 11 is 0. The molecule has 0 aliphatic rings. The van der Waals surface area contributed by atoms with Gasteiger partial charge < -0.3 is 5.73 Å². The number of carbonyl (C=O) groups is 1. The lowest BCUT2D eigenvalue weighted by Crippen LogP contribution is -1.96. The van der Waals surface area contributed by atoms with Gasteiger partial charge in [-0.15, -0.1) is 0 Å². The number of carbonyl (C=O) groups excluding carboxylic acids is 1. The molecule has 0 bridgehead atoms. The van der Waals surface area contributed by atoms with E-state index in [1.807, 2.05) is 33.8 Å². The van der Waals surface area contributed by atoms with E-state index >= 15 is 0 Å². The Morgan fingerprint density at radius 1 is 1.23 bits per heavy atom. The first-order chi connectivity index (χ1) is 6.15. The Bertz CT molecular complexity index is 292. The van der Waals surface area contributed by atoms with E-state index in [4.69, 9.17) is 5.73 Å². The third-order valence-corrected chi connectivity index (χ3v) is 1.69. The number of hydrogen-bond acceptors (Lipinski definition) is 2. The minimum Gasteiger partial charge on any atom is -0.398 e. The molecule has 0 atom stereocenters. The predicted molar refractivity (Wildman–Crippen MR) is 57.1 cm³/mol. The molecule has 2 nitrogen and oxygen atoms in total. The van der Waals surface area contributed by atoms with Crippen LogP contribution in [0.15, 0.2) is 12.1 Å². The molecule has 0 radical (unpaired) electrons. The van der Waals surface area contributed by atoms with Crippen LogP contribution in [-0.4, -0.2) is 6.29 Å². The van der Waals surface area contributed by atoms with Crippen molar-refractivity contribution < 1.29 is 4.79 Å². The van der Waals surface area contributed by atoms with Gasteiger partial charge in [-0.1, -0.05) is 25.5 Å². The zero-order chi connectivity index (χ0) is 10.4. The molecule has 13 heavy (non-hydrogen) atoms. The van der Waals surface area contributed by atoms with Gasteiger partial charge in [0, 0.05) is 11.3 Å². The zero-order valence-corrected chi connectivity index (χ0v) is 8.72. The summed E-state index contributed by atoms with van der Waals surface area (Å²) in [5, 5.41) is 0. The number of rotatable bonds is 1. The molecule has 0 spiro atoms. The molecule has 72 valence electrons. The zero-order valence-electron chi connectivity index (χ0n) is 8.72. The van der Waals surface area contributed by atoms with Gasteiger partial charge in [-0.2, -0.15) is 0 Å². The van der Waals surface area contributed by atoms with Gasteiger partial charge in [-0.25, -0.2) is 0 Å². The summed E-state index contributed by atoms with van der Waals surface area (Å²) in [4.78, 5) is 10.5. The van der Waals surface area contributed by atoms with Gasteiger partial charge >= 0.3 is 0 Å². The standard InChI is InChI=1S/C9H11NO.C2H6/c1-6-3-7(2)9(10)8(4-6)5-11;1-2/h3-5H,10H2,1-2H3;1-2H3. The summed E-state index contributed by atoms with van der Waals surface area (Å²) in [5.41, 5.74) is 8.84. The lowest BCUT2D eigenvalue weighted by molar-refractivity contribution is 0.112. The summed E-state index contributed by atoms with van der Waals surface area (Å²) < 4.78 is 0. The molecule has 0 heterocycles. The summed E-state index contributed by atoms with van der Waals surface area (Å²) in [6, 6.07) is 3.75. The van der Waals surface area contributed by atoms with E-state index in [1.54, 1.807) is 6.07 Å². The maximum absolute atomic E-state index is 10.5. The Kier molecular flexibility index (Phi) is 4.82. The number of nitrogen functional groups attached to an aromatic ring is 1. The van der Waals surface area contributed by atoms with Crippen LogP contribution >= 0.6 is 0 Å².